The number of nitrogens with one attached hydrogen (secondary N) is 1. The molecule has 3 heteroatoms. The van der Waals surface area contributed by atoms with Crippen LogP contribution in [0.15, 0.2) is 53.4 Å². The maximum Gasteiger partial charge on any atom is 0.140 e. The van der Waals surface area contributed by atoms with Gasteiger partial charge in [0.2, 0.25) is 0 Å². The molecule has 1 N–H and O–H groups in total. The standard InChI is InChI=1S/C18H23NOS/c1-4-13-19-14(2)15-9-11-16(12-10-15)20-17-7-5-6-8-18(17)21-3/h5-12,14,19H,4,13H2,1-3H3. The normalized spacial score (nSPS) is 12.1. The van der Waals surface area contributed by atoms with Crippen LogP contribution in [0.2, 0.25) is 0 Å². The van der Waals surface area contributed by atoms with Gasteiger partial charge in [0.1, 0.15) is 11.5 Å². The molecule has 0 amide bonds. The minimum Gasteiger partial charge on any atom is -0.456 e. The Morgan fingerprint density at radius 3 is 2.48 bits per heavy atom. The van der Waals surface area contributed by atoms with E-state index in [0.29, 0.717) is 6.04 Å². The summed E-state index contributed by atoms with van der Waals surface area (Å²) >= 11 is 1.70. The van der Waals surface area contributed by atoms with Gasteiger partial charge in [-0.15, -0.1) is 11.8 Å². The number of para-hydroxylation sites is 1. The molecule has 112 valence electrons. The second-order valence-electron chi connectivity index (χ2n) is 5.00. The zero-order valence-corrected chi connectivity index (χ0v) is 13.7. The van der Waals surface area contributed by atoms with Crippen LogP contribution < -0.4 is 10.1 Å². The van der Waals surface area contributed by atoms with E-state index < -0.39 is 0 Å². The average Bonchev–Trinajstić information content (AvgIpc) is 2.54. The molecule has 0 saturated carbocycles. The Labute approximate surface area is 131 Å². The van der Waals surface area contributed by atoms with Crippen LogP contribution >= 0.6 is 11.8 Å². The van der Waals surface area contributed by atoms with Crippen molar-refractivity contribution < 1.29 is 4.74 Å². The van der Waals surface area contributed by atoms with E-state index in [4.69, 9.17) is 4.74 Å². The largest absolute Gasteiger partial charge is 0.456 e. The number of hydrogen-bond acceptors (Lipinski definition) is 3. The van der Waals surface area contributed by atoms with Gasteiger partial charge < -0.3 is 10.1 Å². The van der Waals surface area contributed by atoms with Gasteiger partial charge in [0.05, 0.1) is 0 Å². The van der Waals surface area contributed by atoms with Crippen molar-refractivity contribution in [3.05, 3.63) is 54.1 Å². The lowest BCUT2D eigenvalue weighted by atomic mass is 10.1. The molecule has 0 heterocycles. The van der Waals surface area contributed by atoms with Gasteiger partial charge in [0.25, 0.3) is 0 Å². The van der Waals surface area contributed by atoms with Crippen LogP contribution in [0.3, 0.4) is 0 Å². The second-order valence-corrected chi connectivity index (χ2v) is 5.85. The average molecular weight is 301 g/mol. The Morgan fingerprint density at radius 1 is 1.10 bits per heavy atom. The summed E-state index contributed by atoms with van der Waals surface area (Å²) in [7, 11) is 0. The lowest BCUT2D eigenvalue weighted by Gasteiger charge is -2.14. The summed E-state index contributed by atoms with van der Waals surface area (Å²) < 4.78 is 5.98. The van der Waals surface area contributed by atoms with Crippen LogP contribution in [0, 0.1) is 0 Å². The SMILES string of the molecule is CCCNC(C)c1ccc(Oc2ccccc2SC)cc1. The summed E-state index contributed by atoms with van der Waals surface area (Å²) in [5, 5.41) is 3.49. The Balaban J connectivity index is 2.05. The molecule has 0 bridgehead atoms. The van der Waals surface area contributed by atoms with E-state index in [0.717, 1.165) is 29.4 Å². The number of thioether (sulfide) groups is 1. The van der Waals surface area contributed by atoms with E-state index in [1.54, 1.807) is 11.8 Å². The fraction of sp³-hybridized carbons (Fsp3) is 0.333. The topological polar surface area (TPSA) is 21.3 Å². The summed E-state index contributed by atoms with van der Waals surface area (Å²) in [6, 6.07) is 16.8. The molecule has 1 atom stereocenters. The van der Waals surface area contributed by atoms with E-state index in [1.165, 1.54) is 5.56 Å². The van der Waals surface area contributed by atoms with Gasteiger partial charge in [-0.1, -0.05) is 31.2 Å². The fourth-order valence-corrected chi connectivity index (χ4v) is 2.66. The maximum absolute atomic E-state index is 5.98. The third-order valence-corrected chi connectivity index (χ3v) is 4.15. The Morgan fingerprint density at radius 2 is 1.81 bits per heavy atom. The highest BCUT2D eigenvalue weighted by Gasteiger charge is 2.06. The van der Waals surface area contributed by atoms with Crippen molar-refractivity contribution >= 4 is 11.8 Å². The minimum atomic E-state index is 0.373. The third kappa shape index (κ3) is 4.51. The zero-order valence-electron chi connectivity index (χ0n) is 12.9. The van der Waals surface area contributed by atoms with Crippen LogP contribution in [0.4, 0.5) is 0 Å². The van der Waals surface area contributed by atoms with Crippen molar-refractivity contribution in [1.29, 1.82) is 0 Å². The van der Waals surface area contributed by atoms with Crippen LogP contribution in [-0.2, 0) is 0 Å². The Kier molecular flexibility index (Phi) is 6.15. The molecule has 0 aliphatic heterocycles. The highest BCUT2D eigenvalue weighted by molar-refractivity contribution is 7.98. The van der Waals surface area contributed by atoms with Crippen molar-refractivity contribution in [2.45, 2.75) is 31.2 Å². The Hall–Kier alpha value is -1.45. The van der Waals surface area contributed by atoms with Crippen molar-refractivity contribution in [2.24, 2.45) is 0 Å². The molecule has 2 nitrogen and oxygen atoms in total. The van der Waals surface area contributed by atoms with E-state index in [-0.39, 0.29) is 0 Å². The molecule has 0 aliphatic rings. The molecule has 0 aliphatic carbocycles. The van der Waals surface area contributed by atoms with E-state index in [1.807, 2.05) is 30.3 Å². The van der Waals surface area contributed by atoms with Crippen molar-refractivity contribution in [3.8, 4) is 11.5 Å². The summed E-state index contributed by atoms with van der Waals surface area (Å²) in [5.41, 5.74) is 1.29. The van der Waals surface area contributed by atoms with Gasteiger partial charge in [0, 0.05) is 10.9 Å². The van der Waals surface area contributed by atoms with Crippen molar-refractivity contribution in [2.75, 3.05) is 12.8 Å². The quantitative estimate of drug-likeness (QED) is 0.705. The van der Waals surface area contributed by atoms with Gasteiger partial charge >= 0.3 is 0 Å². The highest BCUT2D eigenvalue weighted by atomic mass is 32.2. The monoisotopic (exact) mass is 301 g/mol. The zero-order chi connectivity index (χ0) is 15.1. The van der Waals surface area contributed by atoms with Gasteiger partial charge in [-0.05, 0) is 56.0 Å². The molecule has 0 saturated heterocycles. The molecule has 0 aromatic heterocycles. The molecular formula is C18H23NOS. The van der Waals surface area contributed by atoms with Gasteiger partial charge in [0.15, 0.2) is 0 Å². The van der Waals surface area contributed by atoms with E-state index >= 15 is 0 Å². The van der Waals surface area contributed by atoms with Gasteiger partial charge in [-0.2, -0.15) is 0 Å². The molecule has 2 aromatic rings. The van der Waals surface area contributed by atoms with E-state index in [2.05, 4.69) is 43.6 Å². The molecule has 2 aromatic carbocycles. The number of benzene rings is 2. The lowest BCUT2D eigenvalue weighted by Crippen LogP contribution is -2.19. The van der Waals surface area contributed by atoms with Crippen molar-refractivity contribution in [1.82, 2.24) is 5.32 Å². The molecule has 0 fully saturated rings. The first-order valence-corrected chi connectivity index (χ1v) is 8.61. The van der Waals surface area contributed by atoms with Gasteiger partial charge in [-0.3, -0.25) is 0 Å². The number of hydrogen-bond donors (Lipinski definition) is 1. The fourth-order valence-electron chi connectivity index (χ4n) is 2.13. The summed E-state index contributed by atoms with van der Waals surface area (Å²) in [4.78, 5) is 1.15. The molecular weight excluding hydrogens is 278 g/mol. The maximum atomic E-state index is 5.98. The summed E-state index contributed by atoms with van der Waals surface area (Å²) in [6.07, 6.45) is 3.21. The summed E-state index contributed by atoms with van der Waals surface area (Å²) in [5.74, 6) is 1.79. The third-order valence-electron chi connectivity index (χ3n) is 3.38. The molecule has 21 heavy (non-hydrogen) atoms. The van der Waals surface area contributed by atoms with Crippen LogP contribution in [0.25, 0.3) is 0 Å². The minimum absolute atomic E-state index is 0.373. The van der Waals surface area contributed by atoms with E-state index in [9.17, 15) is 0 Å². The highest BCUT2D eigenvalue weighted by Crippen LogP contribution is 2.31. The molecule has 0 spiro atoms. The molecule has 0 radical (unpaired) electrons. The van der Waals surface area contributed by atoms with Crippen LogP contribution in [0.5, 0.6) is 11.5 Å². The lowest BCUT2D eigenvalue weighted by molar-refractivity contribution is 0.470. The smallest absolute Gasteiger partial charge is 0.140 e. The predicted molar refractivity (Wildman–Crippen MR) is 91.4 cm³/mol. The van der Waals surface area contributed by atoms with Crippen LogP contribution in [-0.4, -0.2) is 12.8 Å². The molecule has 1 unspecified atom stereocenters. The molecule has 2 rings (SSSR count). The predicted octanol–water partition coefficient (Wildman–Crippen LogP) is 5.26. The Bertz CT molecular complexity index is 553. The number of rotatable bonds is 7. The first kappa shape index (κ1) is 15.9. The summed E-state index contributed by atoms with van der Waals surface area (Å²) in [6.45, 7) is 5.41. The first-order valence-electron chi connectivity index (χ1n) is 7.38. The second kappa shape index (κ2) is 8.11. The first-order chi connectivity index (χ1) is 10.2. The van der Waals surface area contributed by atoms with Gasteiger partial charge in [-0.25, -0.2) is 0 Å². The van der Waals surface area contributed by atoms with Crippen molar-refractivity contribution in [3.63, 3.8) is 0 Å². The number of ether oxygens (including phenoxy) is 1. The van der Waals surface area contributed by atoms with Crippen LogP contribution in [0.1, 0.15) is 31.9 Å².